The second-order valence-electron chi connectivity index (χ2n) is 5.54. The van der Waals surface area contributed by atoms with Gasteiger partial charge in [0.25, 0.3) is 0 Å². The first-order valence-electron chi connectivity index (χ1n) is 7.84. The van der Waals surface area contributed by atoms with Gasteiger partial charge in [-0.25, -0.2) is 4.98 Å². The molecular formula is C20H16BrN3OS. The number of methoxy groups -OCH3 is 1. The molecule has 0 fully saturated rings. The molecule has 0 aliphatic rings. The number of hydrogen-bond acceptors (Lipinski definition) is 5. The summed E-state index contributed by atoms with van der Waals surface area (Å²) in [5.74, 6) is 0.778. The average Bonchev–Trinajstić information content (AvgIpc) is 3.14. The third-order valence-electron chi connectivity index (χ3n) is 3.78. The molecule has 3 aromatic rings. The molecule has 3 rings (SSSR count). The maximum atomic E-state index is 9.51. The van der Waals surface area contributed by atoms with Crippen LogP contribution in [0.5, 0.6) is 5.75 Å². The molecule has 0 aliphatic carbocycles. The number of thiazole rings is 1. The predicted molar refractivity (Wildman–Crippen MR) is 110 cm³/mol. The van der Waals surface area contributed by atoms with E-state index in [1.807, 2.05) is 54.8 Å². The van der Waals surface area contributed by atoms with Crippen molar-refractivity contribution >= 4 is 38.5 Å². The van der Waals surface area contributed by atoms with Gasteiger partial charge in [0.15, 0.2) is 0 Å². The zero-order valence-electron chi connectivity index (χ0n) is 14.3. The molecule has 0 amide bonds. The number of nitriles is 1. The van der Waals surface area contributed by atoms with Crippen LogP contribution < -0.4 is 10.1 Å². The Morgan fingerprint density at radius 2 is 2.15 bits per heavy atom. The second-order valence-corrected chi connectivity index (χ2v) is 7.32. The lowest BCUT2D eigenvalue weighted by Crippen LogP contribution is -1.93. The quantitative estimate of drug-likeness (QED) is 0.519. The summed E-state index contributed by atoms with van der Waals surface area (Å²) in [7, 11) is 1.64. The zero-order valence-corrected chi connectivity index (χ0v) is 16.7. The summed E-state index contributed by atoms with van der Waals surface area (Å²) in [6.45, 7) is 2.01. The highest BCUT2D eigenvalue weighted by molar-refractivity contribution is 9.10. The van der Waals surface area contributed by atoms with Gasteiger partial charge in [-0.2, -0.15) is 5.26 Å². The van der Waals surface area contributed by atoms with Gasteiger partial charge >= 0.3 is 0 Å². The van der Waals surface area contributed by atoms with Crippen LogP contribution in [0.4, 0.5) is 5.69 Å². The molecular weight excluding hydrogens is 410 g/mol. The number of nitrogens with zero attached hydrogens (tertiary/aromatic N) is 2. The van der Waals surface area contributed by atoms with Crippen LogP contribution in [0.3, 0.4) is 0 Å². The zero-order chi connectivity index (χ0) is 18.5. The Labute approximate surface area is 164 Å². The number of aryl methyl sites for hydroxylation is 1. The fourth-order valence-electron chi connectivity index (χ4n) is 2.39. The van der Waals surface area contributed by atoms with E-state index in [1.54, 1.807) is 13.3 Å². The van der Waals surface area contributed by atoms with Crippen molar-refractivity contribution in [3.63, 3.8) is 0 Å². The van der Waals surface area contributed by atoms with Crippen molar-refractivity contribution < 1.29 is 4.74 Å². The van der Waals surface area contributed by atoms with E-state index in [0.717, 1.165) is 32.7 Å². The Morgan fingerprint density at radius 1 is 1.31 bits per heavy atom. The number of benzene rings is 2. The van der Waals surface area contributed by atoms with Crippen LogP contribution in [0.2, 0.25) is 0 Å². The standard InChI is InChI=1S/C20H16BrN3OS/c1-13-8-16(21)6-7-18(13)23-11-15(10-22)20-24-19(12-26-20)14-4-3-5-17(9-14)25-2/h3-9,11-12,23H,1-2H3/b15-11+. The largest absolute Gasteiger partial charge is 0.497 e. The number of anilines is 1. The fraction of sp³-hybridized carbons (Fsp3) is 0.100. The van der Waals surface area contributed by atoms with Gasteiger partial charge in [-0.1, -0.05) is 28.1 Å². The number of halogens is 1. The van der Waals surface area contributed by atoms with E-state index >= 15 is 0 Å². The molecule has 0 bridgehead atoms. The van der Waals surface area contributed by atoms with Crippen molar-refractivity contribution in [2.45, 2.75) is 6.92 Å². The summed E-state index contributed by atoms with van der Waals surface area (Å²) in [5, 5.41) is 15.3. The summed E-state index contributed by atoms with van der Waals surface area (Å²) in [6.07, 6.45) is 1.70. The highest BCUT2D eigenvalue weighted by atomic mass is 79.9. The molecule has 1 aromatic heterocycles. The van der Waals surface area contributed by atoms with E-state index < -0.39 is 0 Å². The lowest BCUT2D eigenvalue weighted by molar-refractivity contribution is 0.415. The minimum Gasteiger partial charge on any atom is -0.497 e. The number of rotatable bonds is 5. The molecule has 130 valence electrons. The number of allylic oxidation sites excluding steroid dienone is 1. The SMILES string of the molecule is COc1cccc(-c2csc(/C(C#N)=C/Nc3ccc(Br)cc3C)n2)c1. The van der Waals surface area contributed by atoms with E-state index in [-0.39, 0.29) is 0 Å². The second kappa shape index (κ2) is 8.17. The number of nitrogens with one attached hydrogen (secondary N) is 1. The molecule has 0 atom stereocenters. The monoisotopic (exact) mass is 425 g/mol. The molecule has 0 spiro atoms. The molecule has 0 unspecified atom stereocenters. The van der Waals surface area contributed by atoms with Crippen molar-refractivity contribution in [2.24, 2.45) is 0 Å². The minimum absolute atomic E-state index is 0.492. The van der Waals surface area contributed by atoms with Crippen LogP contribution in [0.15, 0.2) is 58.5 Å². The Morgan fingerprint density at radius 3 is 2.88 bits per heavy atom. The van der Waals surface area contributed by atoms with E-state index in [2.05, 4.69) is 32.3 Å². The van der Waals surface area contributed by atoms with Gasteiger partial charge in [0.05, 0.1) is 12.8 Å². The van der Waals surface area contributed by atoms with Crippen LogP contribution in [-0.4, -0.2) is 12.1 Å². The summed E-state index contributed by atoms with van der Waals surface area (Å²) < 4.78 is 6.28. The van der Waals surface area contributed by atoms with Crippen molar-refractivity contribution in [3.05, 3.63) is 69.1 Å². The van der Waals surface area contributed by atoms with Crippen molar-refractivity contribution in [1.29, 1.82) is 5.26 Å². The van der Waals surface area contributed by atoms with Crippen LogP contribution in [0.25, 0.3) is 16.8 Å². The third-order valence-corrected chi connectivity index (χ3v) is 5.15. The topological polar surface area (TPSA) is 57.9 Å². The van der Waals surface area contributed by atoms with Crippen LogP contribution in [-0.2, 0) is 0 Å². The Bertz CT molecular complexity index is 1000. The molecule has 1 N–H and O–H groups in total. The molecule has 1 heterocycles. The summed E-state index contributed by atoms with van der Waals surface area (Å²) in [6, 6.07) is 15.9. The van der Waals surface area contributed by atoms with Gasteiger partial charge in [0, 0.05) is 27.3 Å². The fourth-order valence-corrected chi connectivity index (χ4v) is 3.66. The molecule has 6 heteroatoms. The van der Waals surface area contributed by atoms with Gasteiger partial charge in [-0.3, -0.25) is 0 Å². The Kier molecular flexibility index (Phi) is 5.71. The first kappa shape index (κ1) is 18.2. The van der Waals surface area contributed by atoms with Crippen molar-refractivity contribution in [1.82, 2.24) is 4.98 Å². The van der Waals surface area contributed by atoms with E-state index in [1.165, 1.54) is 11.3 Å². The average molecular weight is 426 g/mol. The number of aromatic nitrogens is 1. The molecule has 2 aromatic carbocycles. The van der Waals surface area contributed by atoms with Crippen LogP contribution in [0, 0.1) is 18.3 Å². The maximum absolute atomic E-state index is 9.51. The molecule has 0 saturated carbocycles. The lowest BCUT2D eigenvalue weighted by Gasteiger charge is -2.06. The molecule has 26 heavy (non-hydrogen) atoms. The van der Waals surface area contributed by atoms with Crippen LogP contribution >= 0.6 is 27.3 Å². The first-order valence-corrected chi connectivity index (χ1v) is 9.51. The molecule has 0 radical (unpaired) electrons. The van der Waals surface area contributed by atoms with Gasteiger partial charge in [-0.05, 0) is 42.8 Å². The van der Waals surface area contributed by atoms with E-state index in [0.29, 0.717) is 10.6 Å². The van der Waals surface area contributed by atoms with Gasteiger partial charge in [-0.15, -0.1) is 11.3 Å². The minimum atomic E-state index is 0.492. The van der Waals surface area contributed by atoms with E-state index in [4.69, 9.17) is 4.74 Å². The molecule has 0 aliphatic heterocycles. The highest BCUT2D eigenvalue weighted by Gasteiger charge is 2.10. The van der Waals surface area contributed by atoms with Crippen molar-refractivity contribution in [3.8, 4) is 23.1 Å². The van der Waals surface area contributed by atoms with Gasteiger partial charge < -0.3 is 10.1 Å². The number of ether oxygens (including phenoxy) is 1. The lowest BCUT2D eigenvalue weighted by atomic mass is 10.1. The molecule has 4 nitrogen and oxygen atoms in total. The summed E-state index contributed by atoms with van der Waals surface area (Å²) >= 11 is 4.89. The summed E-state index contributed by atoms with van der Waals surface area (Å²) in [5.41, 5.74) is 4.31. The summed E-state index contributed by atoms with van der Waals surface area (Å²) in [4.78, 5) is 4.60. The van der Waals surface area contributed by atoms with E-state index in [9.17, 15) is 5.26 Å². The number of hydrogen-bond donors (Lipinski definition) is 1. The normalized spacial score (nSPS) is 11.1. The first-order chi connectivity index (χ1) is 12.6. The van der Waals surface area contributed by atoms with Gasteiger partial charge in [0.1, 0.15) is 22.4 Å². The van der Waals surface area contributed by atoms with Crippen LogP contribution in [0.1, 0.15) is 10.6 Å². The predicted octanol–water partition coefficient (Wildman–Crippen LogP) is 5.87. The smallest absolute Gasteiger partial charge is 0.136 e. The third kappa shape index (κ3) is 4.13. The van der Waals surface area contributed by atoms with Crippen molar-refractivity contribution in [2.75, 3.05) is 12.4 Å². The Balaban J connectivity index is 1.85. The van der Waals surface area contributed by atoms with Gasteiger partial charge in [0.2, 0.25) is 0 Å². The Hall–Kier alpha value is -2.62. The maximum Gasteiger partial charge on any atom is 0.136 e. The highest BCUT2D eigenvalue weighted by Crippen LogP contribution is 2.28. The molecule has 0 saturated heterocycles.